The second kappa shape index (κ2) is 4.31. The number of nitrogens with zero attached hydrogens (tertiary/aromatic N) is 2. The summed E-state index contributed by atoms with van der Waals surface area (Å²) >= 11 is 1.53. The minimum atomic E-state index is -0.344. The van der Waals surface area contributed by atoms with Crippen LogP contribution in [0.15, 0.2) is 22.7 Å². The summed E-state index contributed by atoms with van der Waals surface area (Å²) in [7, 11) is 0. The lowest BCUT2D eigenvalue weighted by molar-refractivity contribution is 0.858. The highest BCUT2D eigenvalue weighted by molar-refractivity contribution is 7.09. The molecule has 0 fully saturated rings. The van der Waals surface area contributed by atoms with Crippen LogP contribution in [0.25, 0.3) is 0 Å². The van der Waals surface area contributed by atoms with E-state index in [2.05, 4.69) is 20.3 Å². The van der Waals surface area contributed by atoms with Gasteiger partial charge in [-0.3, -0.25) is 4.79 Å². The van der Waals surface area contributed by atoms with Crippen molar-refractivity contribution in [1.29, 1.82) is 0 Å². The van der Waals surface area contributed by atoms with E-state index in [1.807, 2.05) is 12.3 Å². The Morgan fingerprint density at radius 2 is 2.38 bits per heavy atom. The van der Waals surface area contributed by atoms with Gasteiger partial charge in [0.1, 0.15) is 10.7 Å². The number of aromatic nitrogens is 3. The van der Waals surface area contributed by atoms with Crippen LogP contribution in [0.1, 0.15) is 18.0 Å². The maximum atomic E-state index is 11.2. The first-order valence-electron chi connectivity index (χ1n) is 4.67. The average molecular weight is 237 g/mol. The molecular weight excluding hydrogens is 226 g/mol. The van der Waals surface area contributed by atoms with Crippen molar-refractivity contribution in [2.45, 2.75) is 13.0 Å². The summed E-state index contributed by atoms with van der Waals surface area (Å²) < 4.78 is 0. The zero-order chi connectivity index (χ0) is 11.5. The first kappa shape index (κ1) is 10.6. The van der Waals surface area contributed by atoms with Crippen molar-refractivity contribution in [1.82, 2.24) is 15.0 Å². The highest BCUT2D eigenvalue weighted by Crippen LogP contribution is 2.20. The van der Waals surface area contributed by atoms with Gasteiger partial charge >= 0.3 is 0 Å². The van der Waals surface area contributed by atoms with Crippen molar-refractivity contribution in [3.05, 3.63) is 33.3 Å². The molecule has 16 heavy (non-hydrogen) atoms. The molecule has 0 aliphatic carbocycles. The minimum absolute atomic E-state index is 0.0309. The third-order valence-corrected chi connectivity index (χ3v) is 3.02. The Kier molecular flexibility index (Phi) is 2.86. The molecule has 0 bridgehead atoms. The third-order valence-electron chi connectivity index (χ3n) is 2.06. The number of aromatic amines is 1. The van der Waals surface area contributed by atoms with Gasteiger partial charge in [0.05, 0.1) is 12.4 Å². The lowest BCUT2D eigenvalue weighted by atomic mass is 10.3. The highest BCUT2D eigenvalue weighted by atomic mass is 32.1. The maximum Gasteiger partial charge on any atom is 0.276 e. The Balaban J connectivity index is 2.21. The average Bonchev–Trinajstić information content (AvgIpc) is 2.78. The first-order valence-corrected chi connectivity index (χ1v) is 5.55. The molecule has 0 radical (unpaired) electrons. The molecule has 6 nitrogen and oxygen atoms in total. The van der Waals surface area contributed by atoms with Gasteiger partial charge in [0, 0.05) is 11.6 Å². The molecule has 0 aromatic carbocycles. The lowest BCUT2D eigenvalue weighted by Crippen LogP contribution is -2.17. The van der Waals surface area contributed by atoms with Crippen LogP contribution < -0.4 is 16.6 Å². The predicted octanol–water partition coefficient (Wildman–Crippen LogP) is 0.982. The fourth-order valence-corrected chi connectivity index (χ4v) is 1.89. The summed E-state index contributed by atoms with van der Waals surface area (Å²) in [5.74, 6) is 0.381. The van der Waals surface area contributed by atoms with E-state index < -0.39 is 0 Å². The van der Waals surface area contributed by atoms with Gasteiger partial charge in [-0.2, -0.15) is 0 Å². The smallest absolute Gasteiger partial charge is 0.276 e. The molecule has 2 aromatic heterocycles. The van der Waals surface area contributed by atoms with E-state index in [9.17, 15) is 4.79 Å². The van der Waals surface area contributed by atoms with E-state index in [0.717, 1.165) is 5.01 Å². The van der Waals surface area contributed by atoms with Crippen LogP contribution in [0.3, 0.4) is 0 Å². The number of anilines is 2. The molecule has 0 aliphatic heterocycles. The number of H-pyrrole nitrogens is 1. The molecule has 2 heterocycles. The minimum Gasteiger partial charge on any atom is -0.391 e. The Labute approximate surface area is 95.6 Å². The van der Waals surface area contributed by atoms with Gasteiger partial charge in [-0.15, -0.1) is 11.3 Å². The molecule has 0 spiro atoms. The van der Waals surface area contributed by atoms with Gasteiger partial charge in [-0.05, 0) is 6.92 Å². The lowest BCUT2D eigenvalue weighted by Gasteiger charge is -2.12. The molecule has 2 rings (SSSR count). The summed E-state index contributed by atoms with van der Waals surface area (Å²) in [5.41, 5.74) is 5.34. The van der Waals surface area contributed by atoms with Gasteiger partial charge < -0.3 is 16.0 Å². The van der Waals surface area contributed by atoms with Crippen LogP contribution in [0.4, 0.5) is 11.5 Å². The molecule has 84 valence electrons. The van der Waals surface area contributed by atoms with Crippen LogP contribution in [0, 0.1) is 0 Å². The van der Waals surface area contributed by atoms with E-state index in [-0.39, 0.29) is 17.3 Å². The Hall–Kier alpha value is -1.89. The summed E-state index contributed by atoms with van der Waals surface area (Å²) in [6.07, 6.45) is 3.04. The molecule has 1 unspecified atom stereocenters. The maximum absolute atomic E-state index is 11.2. The van der Waals surface area contributed by atoms with E-state index >= 15 is 0 Å². The summed E-state index contributed by atoms with van der Waals surface area (Å²) in [5, 5.41) is 5.85. The van der Waals surface area contributed by atoms with Gasteiger partial charge in [-0.25, -0.2) is 9.97 Å². The SMILES string of the molecule is CC(Nc1nc[nH]c(=O)c1N)c1nccs1. The quantitative estimate of drug-likeness (QED) is 0.739. The van der Waals surface area contributed by atoms with Crippen LogP contribution in [0.2, 0.25) is 0 Å². The normalized spacial score (nSPS) is 12.3. The van der Waals surface area contributed by atoms with Crippen molar-refractivity contribution in [2.24, 2.45) is 0 Å². The Morgan fingerprint density at radius 1 is 1.56 bits per heavy atom. The van der Waals surface area contributed by atoms with E-state index in [1.54, 1.807) is 6.20 Å². The predicted molar refractivity (Wildman–Crippen MR) is 63.4 cm³/mol. The number of thiazole rings is 1. The summed E-state index contributed by atoms with van der Waals surface area (Å²) in [6.45, 7) is 1.93. The second-order valence-corrected chi connectivity index (χ2v) is 4.16. The Bertz CT molecular complexity index is 521. The fourth-order valence-electron chi connectivity index (χ4n) is 1.24. The topological polar surface area (TPSA) is 96.7 Å². The van der Waals surface area contributed by atoms with Gasteiger partial charge in [0.15, 0.2) is 5.82 Å². The van der Waals surface area contributed by atoms with Crippen molar-refractivity contribution in [2.75, 3.05) is 11.1 Å². The van der Waals surface area contributed by atoms with Crippen molar-refractivity contribution < 1.29 is 0 Å². The number of rotatable bonds is 3. The van der Waals surface area contributed by atoms with E-state index in [4.69, 9.17) is 5.73 Å². The Morgan fingerprint density at radius 3 is 3.06 bits per heavy atom. The molecule has 4 N–H and O–H groups in total. The van der Waals surface area contributed by atoms with E-state index in [0.29, 0.717) is 5.82 Å². The van der Waals surface area contributed by atoms with Crippen LogP contribution in [0.5, 0.6) is 0 Å². The molecule has 2 aromatic rings. The van der Waals surface area contributed by atoms with Crippen molar-refractivity contribution in [3.8, 4) is 0 Å². The molecule has 0 aliphatic rings. The first-order chi connectivity index (χ1) is 7.68. The largest absolute Gasteiger partial charge is 0.391 e. The zero-order valence-corrected chi connectivity index (χ0v) is 9.41. The second-order valence-electron chi connectivity index (χ2n) is 3.23. The molecule has 7 heteroatoms. The number of hydrogen-bond donors (Lipinski definition) is 3. The van der Waals surface area contributed by atoms with Gasteiger partial charge in [0.2, 0.25) is 0 Å². The number of nitrogens with one attached hydrogen (secondary N) is 2. The highest BCUT2D eigenvalue weighted by Gasteiger charge is 2.11. The molecule has 1 atom stereocenters. The fraction of sp³-hybridized carbons (Fsp3) is 0.222. The van der Waals surface area contributed by atoms with Gasteiger partial charge in [0.25, 0.3) is 5.56 Å². The molecule has 0 saturated heterocycles. The van der Waals surface area contributed by atoms with Crippen molar-refractivity contribution >= 4 is 22.8 Å². The third kappa shape index (κ3) is 2.03. The summed E-state index contributed by atoms with van der Waals surface area (Å²) in [6, 6.07) is -0.0309. The monoisotopic (exact) mass is 237 g/mol. The number of nitrogen functional groups attached to an aromatic ring is 1. The summed E-state index contributed by atoms with van der Waals surface area (Å²) in [4.78, 5) is 21.8. The van der Waals surface area contributed by atoms with Crippen LogP contribution in [-0.2, 0) is 0 Å². The van der Waals surface area contributed by atoms with Crippen LogP contribution in [-0.4, -0.2) is 15.0 Å². The van der Waals surface area contributed by atoms with Crippen molar-refractivity contribution in [3.63, 3.8) is 0 Å². The standard InChI is InChI=1S/C9H11N5OS/c1-5(9-11-2-3-16-9)14-7-6(10)8(15)13-4-12-7/h2-5H,10H2,1H3,(H2,12,13,14,15). The van der Waals surface area contributed by atoms with Crippen LogP contribution >= 0.6 is 11.3 Å². The molecule has 0 saturated carbocycles. The van der Waals surface area contributed by atoms with E-state index in [1.165, 1.54) is 17.7 Å². The number of hydrogen-bond acceptors (Lipinski definition) is 6. The molecular formula is C9H11N5OS. The zero-order valence-electron chi connectivity index (χ0n) is 8.60. The number of nitrogens with two attached hydrogens (primary N) is 1. The molecule has 0 amide bonds. The van der Waals surface area contributed by atoms with Gasteiger partial charge in [-0.1, -0.05) is 0 Å².